The molecular weight excluding hydrogens is 334 g/mol. The van der Waals surface area contributed by atoms with Crippen LogP contribution in [0.25, 0.3) is 0 Å². The number of allylic oxidation sites excluding steroid dienone is 6. The van der Waals surface area contributed by atoms with Gasteiger partial charge in [0.25, 0.3) is 0 Å². The van der Waals surface area contributed by atoms with Gasteiger partial charge in [0.05, 0.1) is 0 Å². The van der Waals surface area contributed by atoms with Crippen molar-refractivity contribution in [1.29, 1.82) is 0 Å². The maximum atomic E-state index is 11.9. The fraction of sp³-hybridized carbons (Fsp3) is 0.708. The zero-order valence-corrected chi connectivity index (χ0v) is 18.3. The molecule has 0 aliphatic heterocycles. The molecule has 0 aromatic rings. The van der Waals surface area contributed by atoms with Crippen molar-refractivity contribution in [3.05, 3.63) is 34.9 Å². The van der Waals surface area contributed by atoms with Gasteiger partial charge in [0.1, 0.15) is 6.10 Å². The molecule has 0 spiro atoms. The molecule has 3 heteroatoms. The molecule has 0 aromatic carbocycles. The highest BCUT2D eigenvalue weighted by atomic mass is 16.6. The summed E-state index contributed by atoms with van der Waals surface area (Å²) in [5.41, 5.74) is 4.30. The van der Waals surface area contributed by atoms with Crippen LogP contribution in [0.2, 0.25) is 0 Å². The second kappa shape index (κ2) is 13.6. The van der Waals surface area contributed by atoms with Crippen molar-refractivity contribution in [2.45, 2.75) is 111 Å². The number of hydrogen-bond acceptors (Lipinski definition) is 2. The lowest BCUT2D eigenvalue weighted by atomic mass is 10.1. The number of carbonyl (C=O) groups excluding carboxylic acids is 1. The number of hydrogen-bond donors (Lipinski definition) is 1. The summed E-state index contributed by atoms with van der Waals surface area (Å²) in [4.78, 5) is 11.9. The topological polar surface area (TPSA) is 38.3 Å². The first-order chi connectivity index (χ1) is 12.9. The minimum absolute atomic E-state index is 0.0346. The van der Waals surface area contributed by atoms with Crippen LogP contribution in [0.5, 0.6) is 0 Å². The number of ether oxygens (including phenoxy) is 1. The molecule has 0 radical (unpaired) electrons. The van der Waals surface area contributed by atoms with E-state index in [1.165, 1.54) is 29.6 Å². The number of carbonyl (C=O) groups is 1. The summed E-state index contributed by atoms with van der Waals surface area (Å²) in [6, 6.07) is 0.324. The predicted molar refractivity (Wildman–Crippen MR) is 116 cm³/mol. The first-order valence-corrected chi connectivity index (χ1v) is 10.8. The quantitative estimate of drug-likeness (QED) is 0.386. The molecule has 3 nitrogen and oxygen atoms in total. The van der Waals surface area contributed by atoms with Crippen LogP contribution in [-0.2, 0) is 4.74 Å². The van der Waals surface area contributed by atoms with Crippen LogP contribution in [0.15, 0.2) is 34.9 Å². The van der Waals surface area contributed by atoms with Crippen LogP contribution >= 0.6 is 0 Å². The normalized spacial score (nSPS) is 16.9. The maximum absolute atomic E-state index is 11.9. The summed E-state index contributed by atoms with van der Waals surface area (Å²) in [7, 11) is 0. The zero-order chi connectivity index (χ0) is 20.1. The molecule has 1 saturated carbocycles. The Morgan fingerprint density at radius 2 is 1.52 bits per heavy atom. The summed E-state index contributed by atoms with van der Waals surface area (Å²) in [5, 5.41) is 2.98. The second-order valence-corrected chi connectivity index (χ2v) is 8.38. The van der Waals surface area contributed by atoms with E-state index < -0.39 is 0 Å². The monoisotopic (exact) mass is 375 g/mol. The van der Waals surface area contributed by atoms with Crippen molar-refractivity contribution < 1.29 is 9.53 Å². The Bertz CT molecular complexity index is 520. The summed E-state index contributed by atoms with van der Waals surface area (Å²) in [6.07, 6.45) is 17.7. The third kappa shape index (κ3) is 12.5. The molecule has 1 rings (SSSR count). The average molecular weight is 376 g/mol. The lowest BCUT2D eigenvalue weighted by Crippen LogP contribution is -2.34. The van der Waals surface area contributed by atoms with Crippen molar-refractivity contribution in [1.82, 2.24) is 5.32 Å². The molecule has 1 aliphatic carbocycles. The number of alkyl carbamates (subject to hydrolysis) is 1. The highest BCUT2D eigenvalue weighted by Crippen LogP contribution is 2.18. The Hall–Kier alpha value is -1.51. The smallest absolute Gasteiger partial charge is 0.407 e. The van der Waals surface area contributed by atoms with Gasteiger partial charge in [0, 0.05) is 6.04 Å². The lowest BCUT2D eigenvalue weighted by Gasteiger charge is -2.16. The van der Waals surface area contributed by atoms with Gasteiger partial charge in [-0.1, -0.05) is 47.8 Å². The van der Waals surface area contributed by atoms with E-state index in [2.05, 4.69) is 51.2 Å². The Morgan fingerprint density at radius 1 is 0.963 bits per heavy atom. The molecule has 1 fully saturated rings. The van der Waals surface area contributed by atoms with Gasteiger partial charge in [0.15, 0.2) is 0 Å². The third-order valence-corrected chi connectivity index (χ3v) is 5.17. The van der Waals surface area contributed by atoms with Crippen molar-refractivity contribution in [2.75, 3.05) is 0 Å². The fourth-order valence-corrected chi connectivity index (χ4v) is 3.42. The molecule has 1 unspecified atom stereocenters. The number of amides is 1. The van der Waals surface area contributed by atoms with Gasteiger partial charge in [-0.15, -0.1) is 0 Å². The molecule has 1 amide bonds. The first kappa shape index (κ1) is 23.5. The van der Waals surface area contributed by atoms with Crippen LogP contribution in [0.4, 0.5) is 4.79 Å². The molecule has 1 N–H and O–H groups in total. The summed E-state index contributed by atoms with van der Waals surface area (Å²) in [5.74, 6) is 0. The Balaban J connectivity index is 2.15. The average Bonchev–Trinajstić information content (AvgIpc) is 3.07. The fourth-order valence-electron chi connectivity index (χ4n) is 3.42. The van der Waals surface area contributed by atoms with Crippen molar-refractivity contribution in [3.63, 3.8) is 0 Å². The molecule has 1 aliphatic rings. The Kier molecular flexibility index (Phi) is 11.9. The van der Waals surface area contributed by atoms with Gasteiger partial charge in [-0.25, -0.2) is 4.79 Å². The van der Waals surface area contributed by atoms with E-state index in [9.17, 15) is 4.79 Å². The molecule has 0 aromatic heterocycles. The minimum atomic E-state index is -0.246. The van der Waals surface area contributed by atoms with E-state index in [0.717, 1.165) is 51.4 Å². The second-order valence-electron chi connectivity index (χ2n) is 8.38. The van der Waals surface area contributed by atoms with Gasteiger partial charge >= 0.3 is 6.09 Å². The largest absolute Gasteiger partial charge is 0.447 e. The van der Waals surface area contributed by atoms with Crippen molar-refractivity contribution in [2.24, 2.45) is 0 Å². The molecule has 0 saturated heterocycles. The van der Waals surface area contributed by atoms with E-state index >= 15 is 0 Å². The van der Waals surface area contributed by atoms with Gasteiger partial charge in [0.2, 0.25) is 0 Å². The molecular formula is C24H41NO2. The molecule has 27 heavy (non-hydrogen) atoms. The zero-order valence-electron chi connectivity index (χ0n) is 18.3. The summed E-state index contributed by atoms with van der Waals surface area (Å²) in [6.45, 7) is 10.7. The van der Waals surface area contributed by atoms with Crippen LogP contribution in [0.3, 0.4) is 0 Å². The van der Waals surface area contributed by atoms with E-state index in [0.29, 0.717) is 6.04 Å². The van der Waals surface area contributed by atoms with Crippen LogP contribution in [0, 0.1) is 0 Å². The van der Waals surface area contributed by atoms with E-state index in [1.807, 2.05) is 6.92 Å². The van der Waals surface area contributed by atoms with Gasteiger partial charge < -0.3 is 10.1 Å². The molecule has 0 bridgehead atoms. The standard InChI is InChI=1S/C24H41NO2/c1-19(2)11-8-12-20(3)13-9-14-21(4)15-10-16-22(5)27-24(26)25-23-17-6-7-18-23/h11,13,15,22-23H,6-10,12,14,16-18H2,1-5H3,(H,25,26). The molecule has 1 atom stereocenters. The molecule has 154 valence electrons. The highest BCUT2D eigenvalue weighted by Gasteiger charge is 2.18. The van der Waals surface area contributed by atoms with Crippen molar-refractivity contribution in [3.8, 4) is 0 Å². The lowest BCUT2D eigenvalue weighted by molar-refractivity contribution is 0.0997. The molecule has 0 heterocycles. The van der Waals surface area contributed by atoms with Crippen LogP contribution < -0.4 is 5.32 Å². The summed E-state index contributed by atoms with van der Waals surface area (Å²) < 4.78 is 5.47. The van der Waals surface area contributed by atoms with Crippen molar-refractivity contribution >= 4 is 6.09 Å². The SMILES string of the molecule is CC(C)=CCCC(C)=CCCC(C)=CCCC(C)OC(=O)NC1CCCC1. The number of rotatable bonds is 11. The Labute approximate surface area is 167 Å². The first-order valence-electron chi connectivity index (χ1n) is 10.8. The van der Waals surface area contributed by atoms with Crippen LogP contribution in [0.1, 0.15) is 98.8 Å². The number of nitrogens with one attached hydrogen (secondary N) is 1. The van der Waals surface area contributed by atoms with Gasteiger partial charge in [-0.05, 0) is 86.0 Å². The predicted octanol–water partition coefficient (Wildman–Crippen LogP) is 7.24. The maximum Gasteiger partial charge on any atom is 0.407 e. The highest BCUT2D eigenvalue weighted by molar-refractivity contribution is 5.67. The Morgan fingerprint density at radius 3 is 2.11 bits per heavy atom. The summed E-state index contributed by atoms with van der Waals surface area (Å²) >= 11 is 0. The van der Waals surface area contributed by atoms with Gasteiger partial charge in [-0.3, -0.25) is 0 Å². The van der Waals surface area contributed by atoms with Gasteiger partial charge in [-0.2, -0.15) is 0 Å². The minimum Gasteiger partial charge on any atom is -0.447 e. The van der Waals surface area contributed by atoms with E-state index in [1.54, 1.807) is 0 Å². The van der Waals surface area contributed by atoms with E-state index in [4.69, 9.17) is 4.74 Å². The third-order valence-electron chi connectivity index (χ3n) is 5.17. The van der Waals surface area contributed by atoms with Crippen LogP contribution in [-0.4, -0.2) is 18.2 Å². The van der Waals surface area contributed by atoms with E-state index in [-0.39, 0.29) is 12.2 Å².